The number of nitrogens with zero attached hydrogens (tertiary/aromatic N) is 4. The molecule has 2 aromatic carbocycles. The van der Waals surface area contributed by atoms with Crippen molar-refractivity contribution in [1.82, 2.24) is 30.1 Å². The molecule has 0 atom stereocenters. The topological polar surface area (TPSA) is 96.3 Å². The highest BCUT2D eigenvalue weighted by Crippen LogP contribution is 2.32. The minimum atomic E-state index is -4.44. The van der Waals surface area contributed by atoms with Crippen LogP contribution in [0.25, 0.3) is 11.0 Å². The van der Waals surface area contributed by atoms with E-state index in [0.29, 0.717) is 29.5 Å². The van der Waals surface area contributed by atoms with E-state index >= 15 is 0 Å². The lowest BCUT2D eigenvalue weighted by molar-refractivity contribution is -0.137. The molecule has 39 heavy (non-hydrogen) atoms. The average Bonchev–Trinajstić information content (AvgIpc) is 3.23. The maximum Gasteiger partial charge on any atom is 0.416 e. The summed E-state index contributed by atoms with van der Waals surface area (Å²) >= 11 is 0. The van der Waals surface area contributed by atoms with E-state index in [1.807, 2.05) is 0 Å². The monoisotopic (exact) mass is 539 g/mol. The molecular weight excluding hydrogens is 511 g/mol. The van der Waals surface area contributed by atoms with Gasteiger partial charge < -0.3 is 25.3 Å². The predicted octanol–water partition coefficient (Wildman–Crippen LogP) is 4.16. The van der Waals surface area contributed by atoms with Gasteiger partial charge in [0.2, 0.25) is 5.95 Å². The summed E-state index contributed by atoms with van der Waals surface area (Å²) in [6.45, 7) is 5.12. The van der Waals surface area contributed by atoms with Crippen LogP contribution in [-0.2, 0) is 13.2 Å². The van der Waals surface area contributed by atoms with Gasteiger partial charge >= 0.3 is 6.18 Å². The Morgan fingerprint density at radius 1 is 1.08 bits per heavy atom. The quantitative estimate of drug-likeness (QED) is 0.310. The molecule has 1 aliphatic heterocycles. The number of halogens is 3. The summed E-state index contributed by atoms with van der Waals surface area (Å²) < 4.78 is 46.9. The minimum absolute atomic E-state index is 0.249. The summed E-state index contributed by atoms with van der Waals surface area (Å²) in [5, 5.41) is 9.15. The Hall–Kier alpha value is -4.16. The maximum atomic E-state index is 13.1. The largest absolute Gasteiger partial charge is 0.457 e. The second-order valence-electron chi connectivity index (χ2n) is 9.17. The summed E-state index contributed by atoms with van der Waals surface area (Å²) in [7, 11) is 1.77. The van der Waals surface area contributed by atoms with Crippen molar-refractivity contribution in [2.24, 2.45) is 7.05 Å². The smallest absolute Gasteiger partial charge is 0.416 e. The Morgan fingerprint density at radius 3 is 2.67 bits per heavy atom. The van der Waals surface area contributed by atoms with Crippen molar-refractivity contribution < 1.29 is 22.7 Å². The van der Waals surface area contributed by atoms with E-state index in [0.717, 1.165) is 50.4 Å². The fraction of sp³-hybridized carbons (Fsp3) is 0.296. The molecular formula is C27H28F3N7O2. The summed E-state index contributed by atoms with van der Waals surface area (Å²) in [6.07, 6.45) is -2.92. The van der Waals surface area contributed by atoms with Crippen molar-refractivity contribution in [2.45, 2.75) is 6.18 Å². The molecule has 9 nitrogen and oxygen atoms in total. The van der Waals surface area contributed by atoms with Gasteiger partial charge in [-0.1, -0.05) is 6.07 Å². The number of imidazole rings is 1. The highest BCUT2D eigenvalue weighted by atomic mass is 19.4. The SMILES string of the molecule is Cn1c(Nc2cccc(C(F)(F)F)c2)nc2cc(Oc3ccnc(C(=O)NCCN4CCNCC4)c3)ccc21. The Balaban J connectivity index is 1.25. The molecule has 0 saturated carbocycles. The number of hydrogen-bond donors (Lipinski definition) is 3. The van der Waals surface area contributed by atoms with E-state index in [1.165, 1.54) is 12.3 Å². The van der Waals surface area contributed by atoms with Crippen LogP contribution in [0, 0.1) is 0 Å². The number of rotatable bonds is 8. The average molecular weight is 540 g/mol. The Kier molecular flexibility index (Phi) is 7.66. The molecule has 1 saturated heterocycles. The van der Waals surface area contributed by atoms with Crippen LogP contribution in [0.5, 0.6) is 11.5 Å². The molecule has 4 aromatic rings. The van der Waals surface area contributed by atoms with Crippen LogP contribution in [0.15, 0.2) is 60.8 Å². The second kappa shape index (κ2) is 11.3. The fourth-order valence-electron chi connectivity index (χ4n) is 4.35. The van der Waals surface area contributed by atoms with Gasteiger partial charge in [-0.3, -0.25) is 14.7 Å². The van der Waals surface area contributed by atoms with Gasteiger partial charge in [0.15, 0.2) is 0 Å². The first-order valence-electron chi connectivity index (χ1n) is 12.5. The van der Waals surface area contributed by atoms with Gasteiger partial charge in [0.05, 0.1) is 16.6 Å². The van der Waals surface area contributed by atoms with E-state index in [-0.39, 0.29) is 17.3 Å². The van der Waals surface area contributed by atoms with Crippen LogP contribution in [0.1, 0.15) is 16.1 Å². The first kappa shape index (κ1) is 26.4. The van der Waals surface area contributed by atoms with Crippen molar-refractivity contribution in [3.8, 4) is 11.5 Å². The van der Waals surface area contributed by atoms with Crippen LogP contribution in [-0.4, -0.2) is 64.6 Å². The Bertz CT molecular complexity index is 1470. The lowest BCUT2D eigenvalue weighted by atomic mass is 10.2. The molecule has 2 aromatic heterocycles. The zero-order valence-corrected chi connectivity index (χ0v) is 21.3. The Labute approximate surface area is 223 Å². The molecule has 0 bridgehead atoms. The standard InChI is InChI=1S/C27H28F3N7O2/c1-36-24-6-5-20(16-22(24)35-26(36)34-19-4-2-3-18(15-19)27(28,29)30)39-21-7-8-32-23(17-21)25(38)33-11-14-37-12-9-31-10-13-37/h2-8,15-17,31H,9-14H2,1H3,(H,33,38)(H,34,35). The van der Waals surface area contributed by atoms with Gasteiger partial charge in [-0.05, 0) is 36.4 Å². The third-order valence-electron chi connectivity index (χ3n) is 6.42. The summed E-state index contributed by atoms with van der Waals surface area (Å²) in [6, 6.07) is 13.5. The summed E-state index contributed by atoms with van der Waals surface area (Å²) in [5.74, 6) is 1.03. The van der Waals surface area contributed by atoms with E-state index in [2.05, 4.69) is 30.8 Å². The normalized spacial score (nSPS) is 14.4. The number of nitrogens with one attached hydrogen (secondary N) is 3. The van der Waals surface area contributed by atoms with Crippen molar-refractivity contribution >= 4 is 28.6 Å². The fourth-order valence-corrected chi connectivity index (χ4v) is 4.35. The van der Waals surface area contributed by atoms with Crippen LogP contribution in [0.4, 0.5) is 24.8 Å². The molecule has 0 unspecified atom stereocenters. The highest BCUT2D eigenvalue weighted by molar-refractivity contribution is 5.92. The zero-order valence-electron chi connectivity index (χ0n) is 21.3. The number of alkyl halides is 3. The first-order valence-corrected chi connectivity index (χ1v) is 12.5. The Morgan fingerprint density at radius 2 is 1.87 bits per heavy atom. The summed E-state index contributed by atoms with van der Waals surface area (Å²) in [5.41, 5.74) is 1.13. The lowest BCUT2D eigenvalue weighted by Crippen LogP contribution is -2.46. The van der Waals surface area contributed by atoms with Crippen LogP contribution in [0.2, 0.25) is 0 Å². The van der Waals surface area contributed by atoms with Crippen LogP contribution in [0.3, 0.4) is 0 Å². The molecule has 12 heteroatoms. The van der Waals surface area contributed by atoms with Crippen molar-refractivity contribution in [2.75, 3.05) is 44.6 Å². The number of ether oxygens (including phenoxy) is 1. The highest BCUT2D eigenvalue weighted by Gasteiger charge is 2.30. The van der Waals surface area contributed by atoms with Gasteiger partial charge in [-0.25, -0.2) is 4.98 Å². The van der Waals surface area contributed by atoms with E-state index < -0.39 is 11.7 Å². The minimum Gasteiger partial charge on any atom is -0.457 e. The van der Waals surface area contributed by atoms with Gasteiger partial charge in [-0.15, -0.1) is 0 Å². The molecule has 0 spiro atoms. The molecule has 1 fully saturated rings. The second-order valence-corrected chi connectivity index (χ2v) is 9.17. The molecule has 204 valence electrons. The van der Waals surface area contributed by atoms with Crippen molar-refractivity contribution in [3.05, 3.63) is 72.1 Å². The number of hydrogen-bond acceptors (Lipinski definition) is 7. The van der Waals surface area contributed by atoms with Gasteiger partial charge in [0.25, 0.3) is 5.91 Å². The van der Waals surface area contributed by atoms with Gasteiger partial charge in [0.1, 0.15) is 17.2 Å². The number of anilines is 2. The number of benzene rings is 2. The van der Waals surface area contributed by atoms with Gasteiger partial charge in [0, 0.05) is 70.3 Å². The molecule has 0 aliphatic carbocycles. The third kappa shape index (κ3) is 6.47. The lowest BCUT2D eigenvalue weighted by Gasteiger charge is -2.27. The summed E-state index contributed by atoms with van der Waals surface area (Å²) in [4.78, 5) is 23.6. The first-order chi connectivity index (χ1) is 18.8. The molecule has 5 rings (SSSR count). The van der Waals surface area contributed by atoms with E-state index in [4.69, 9.17) is 4.74 Å². The molecule has 1 amide bonds. The number of piperazine rings is 1. The van der Waals surface area contributed by atoms with E-state index in [1.54, 1.807) is 48.0 Å². The third-order valence-corrected chi connectivity index (χ3v) is 6.42. The van der Waals surface area contributed by atoms with E-state index in [9.17, 15) is 18.0 Å². The number of carbonyl (C=O) groups excluding carboxylic acids is 1. The van der Waals surface area contributed by atoms with Crippen molar-refractivity contribution in [1.29, 1.82) is 0 Å². The molecule has 3 heterocycles. The molecule has 0 radical (unpaired) electrons. The van der Waals surface area contributed by atoms with Gasteiger partial charge in [-0.2, -0.15) is 13.2 Å². The number of aryl methyl sites for hydroxylation is 1. The molecule has 1 aliphatic rings. The number of fused-ring (bicyclic) bond motifs is 1. The zero-order chi connectivity index (χ0) is 27.4. The maximum absolute atomic E-state index is 13.1. The van der Waals surface area contributed by atoms with Crippen LogP contribution >= 0.6 is 0 Å². The molecule has 3 N–H and O–H groups in total. The van der Waals surface area contributed by atoms with Crippen molar-refractivity contribution in [3.63, 3.8) is 0 Å². The van der Waals surface area contributed by atoms with Crippen LogP contribution < -0.4 is 20.7 Å². The number of aromatic nitrogens is 3. The predicted molar refractivity (Wildman–Crippen MR) is 141 cm³/mol. The number of pyridine rings is 1. The number of carbonyl (C=O) groups is 1. The number of amides is 1.